The Labute approximate surface area is 125 Å². The lowest BCUT2D eigenvalue weighted by atomic mass is 9.72. The van der Waals surface area contributed by atoms with Gasteiger partial charge in [-0.25, -0.2) is 0 Å². The molecule has 2 unspecified atom stereocenters. The van der Waals surface area contributed by atoms with Crippen molar-refractivity contribution in [3.63, 3.8) is 0 Å². The summed E-state index contributed by atoms with van der Waals surface area (Å²) < 4.78 is 0. The van der Waals surface area contributed by atoms with Gasteiger partial charge in [0.25, 0.3) is 0 Å². The minimum atomic E-state index is -0.707. The molecule has 0 radical (unpaired) electrons. The fourth-order valence-electron chi connectivity index (χ4n) is 2.36. The Morgan fingerprint density at radius 2 is 1.55 bits per heavy atom. The minimum absolute atomic E-state index is 0.00486. The molecule has 0 fully saturated rings. The molecule has 0 spiro atoms. The first-order chi connectivity index (χ1) is 8.72. The highest BCUT2D eigenvalue weighted by Gasteiger charge is 2.43. The number of nitrogens with one attached hydrogen (secondary N) is 1. The molecule has 0 aliphatic rings. The van der Waals surface area contributed by atoms with Crippen LogP contribution in [0, 0.1) is 16.7 Å². The summed E-state index contributed by atoms with van der Waals surface area (Å²) >= 11 is 0. The average molecular weight is 285 g/mol. The number of primary amides is 1. The largest absolute Gasteiger partial charge is 0.368 e. The van der Waals surface area contributed by atoms with Gasteiger partial charge >= 0.3 is 0 Å². The maximum atomic E-state index is 12.1. The van der Waals surface area contributed by atoms with Crippen molar-refractivity contribution >= 4 is 5.91 Å². The third-order valence-electron chi connectivity index (χ3n) is 3.98. The van der Waals surface area contributed by atoms with E-state index in [0.29, 0.717) is 13.0 Å². The normalized spacial score (nSPS) is 17.9. The summed E-state index contributed by atoms with van der Waals surface area (Å²) in [5.74, 6) is -0.171. The van der Waals surface area contributed by atoms with Crippen LogP contribution in [0.25, 0.3) is 0 Å². The van der Waals surface area contributed by atoms with Crippen molar-refractivity contribution in [2.45, 2.75) is 73.4 Å². The number of carbonyl (C=O) groups is 1. The summed E-state index contributed by atoms with van der Waals surface area (Å²) in [5.41, 5.74) is 11.2. The standard InChI is InChI=1S/C16H35N3O/c1-11(2)16(13(18)20,10-14(3,4)5)19-9-12(17)15(6,7)8/h11-12,19H,9-10,17H2,1-8H3,(H2,18,20). The Kier molecular flexibility index (Phi) is 6.24. The van der Waals surface area contributed by atoms with Crippen LogP contribution in [0.3, 0.4) is 0 Å². The molecule has 20 heavy (non-hydrogen) atoms. The van der Waals surface area contributed by atoms with Crippen LogP contribution >= 0.6 is 0 Å². The van der Waals surface area contributed by atoms with Gasteiger partial charge in [-0.1, -0.05) is 55.4 Å². The lowest BCUT2D eigenvalue weighted by molar-refractivity contribution is -0.127. The van der Waals surface area contributed by atoms with Crippen molar-refractivity contribution < 1.29 is 4.79 Å². The Hall–Kier alpha value is -0.610. The van der Waals surface area contributed by atoms with Gasteiger partial charge in [-0.2, -0.15) is 0 Å². The van der Waals surface area contributed by atoms with Crippen LogP contribution in [0.15, 0.2) is 0 Å². The molecule has 0 aromatic rings. The molecule has 0 aromatic carbocycles. The summed E-state index contributed by atoms with van der Waals surface area (Å²) in [4.78, 5) is 12.1. The Morgan fingerprint density at radius 3 is 1.80 bits per heavy atom. The average Bonchev–Trinajstić information content (AvgIpc) is 2.19. The summed E-state index contributed by atoms with van der Waals surface area (Å²) in [5, 5.41) is 3.40. The number of hydrogen-bond acceptors (Lipinski definition) is 3. The van der Waals surface area contributed by atoms with Crippen LogP contribution in [-0.2, 0) is 4.79 Å². The molecule has 4 nitrogen and oxygen atoms in total. The molecule has 4 heteroatoms. The monoisotopic (exact) mass is 285 g/mol. The van der Waals surface area contributed by atoms with E-state index in [4.69, 9.17) is 11.5 Å². The van der Waals surface area contributed by atoms with E-state index in [1.165, 1.54) is 0 Å². The van der Waals surface area contributed by atoms with E-state index < -0.39 is 5.54 Å². The van der Waals surface area contributed by atoms with E-state index in [2.05, 4.69) is 46.9 Å². The summed E-state index contributed by atoms with van der Waals surface area (Å²) in [7, 11) is 0. The lowest BCUT2D eigenvalue weighted by Crippen LogP contribution is -2.63. The van der Waals surface area contributed by atoms with Crippen molar-refractivity contribution in [3.05, 3.63) is 0 Å². The first-order valence-corrected chi connectivity index (χ1v) is 7.53. The number of rotatable bonds is 6. The maximum Gasteiger partial charge on any atom is 0.238 e. The first kappa shape index (κ1) is 19.4. The van der Waals surface area contributed by atoms with Gasteiger partial charge < -0.3 is 16.8 Å². The van der Waals surface area contributed by atoms with Gasteiger partial charge in [0.2, 0.25) is 5.91 Å². The molecule has 0 saturated heterocycles. The topological polar surface area (TPSA) is 81.1 Å². The van der Waals surface area contributed by atoms with Crippen LogP contribution in [0.5, 0.6) is 0 Å². The van der Waals surface area contributed by atoms with Crippen LogP contribution in [0.2, 0.25) is 0 Å². The molecule has 2 atom stereocenters. The molecule has 120 valence electrons. The van der Waals surface area contributed by atoms with Crippen molar-refractivity contribution in [2.75, 3.05) is 6.54 Å². The summed E-state index contributed by atoms with van der Waals surface area (Å²) in [6.45, 7) is 17.3. The SMILES string of the molecule is CC(C)C(CC(C)(C)C)(NCC(N)C(C)(C)C)C(N)=O. The van der Waals surface area contributed by atoms with E-state index in [-0.39, 0.29) is 28.7 Å². The fourth-order valence-corrected chi connectivity index (χ4v) is 2.36. The molecule has 0 aliphatic carbocycles. The number of hydrogen-bond donors (Lipinski definition) is 3. The number of amides is 1. The van der Waals surface area contributed by atoms with Crippen molar-refractivity contribution in [2.24, 2.45) is 28.2 Å². The van der Waals surface area contributed by atoms with E-state index in [1.54, 1.807) is 0 Å². The summed E-state index contributed by atoms with van der Waals surface area (Å²) in [6.07, 6.45) is 0.698. The highest BCUT2D eigenvalue weighted by atomic mass is 16.1. The first-order valence-electron chi connectivity index (χ1n) is 7.53. The molecular formula is C16H35N3O. The van der Waals surface area contributed by atoms with Crippen LogP contribution in [0.4, 0.5) is 0 Å². The Morgan fingerprint density at radius 1 is 1.10 bits per heavy atom. The number of carbonyl (C=O) groups excluding carboxylic acids is 1. The molecule has 0 aromatic heterocycles. The van der Waals surface area contributed by atoms with Gasteiger partial charge in [-0.15, -0.1) is 0 Å². The van der Waals surface area contributed by atoms with Crippen LogP contribution < -0.4 is 16.8 Å². The fraction of sp³-hybridized carbons (Fsp3) is 0.938. The Balaban J connectivity index is 5.19. The molecule has 0 bridgehead atoms. The van der Waals surface area contributed by atoms with Crippen LogP contribution in [0.1, 0.15) is 61.8 Å². The third kappa shape index (κ3) is 5.41. The van der Waals surface area contributed by atoms with Crippen molar-refractivity contribution in [1.29, 1.82) is 0 Å². The Bertz CT molecular complexity index is 326. The van der Waals surface area contributed by atoms with E-state index in [1.807, 2.05) is 13.8 Å². The molecule has 0 heterocycles. The molecule has 5 N–H and O–H groups in total. The van der Waals surface area contributed by atoms with Gasteiger partial charge in [0.05, 0.1) is 0 Å². The van der Waals surface area contributed by atoms with Gasteiger partial charge in [0.1, 0.15) is 5.54 Å². The molecular weight excluding hydrogens is 250 g/mol. The lowest BCUT2D eigenvalue weighted by Gasteiger charge is -2.42. The quantitative estimate of drug-likeness (QED) is 0.700. The molecule has 0 saturated carbocycles. The second-order valence-corrected chi connectivity index (χ2v) is 8.58. The van der Waals surface area contributed by atoms with E-state index >= 15 is 0 Å². The maximum absolute atomic E-state index is 12.1. The molecule has 0 aliphatic heterocycles. The van der Waals surface area contributed by atoms with Crippen molar-refractivity contribution in [3.8, 4) is 0 Å². The third-order valence-corrected chi connectivity index (χ3v) is 3.98. The zero-order valence-electron chi connectivity index (χ0n) is 14.6. The second kappa shape index (κ2) is 6.44. The second-order valence-electron chi connectivity index (χ2n) is 8.58. The van der Waals surface area contributed by atoms with Gasteiger partial charge in [0, 0.05) is 12.6 Å². The molecule has 1 amide bonds. The minimum Gasteiger partial charge on any atom is -0.368 e. The predicted octanol–water partition coefficient (Wildman–Crippen LogP) is 2.27. The smallest absolute Gasteiger partial charge is 0.238 e. The van der Waals surface area contributed by atoms with Gasteiger partial charge in [-0.05, 0) is 23.2 Å². The van der Waals surface area contributed by atoms with Crippen LogP contribution in [-0.4, -0.2) is 24.0 Å². The summed E-state index contributed by atoms with van der Waals surface area (Å²) in [6, 6.07) is -0.0278. The zero-order valence-corrected chi connectivity index (χ0v) is 14.6. The predicted molar refractivity (Wildman–Crippen MR) is 86.3 cm³/mol. The van der Waals surface area contributed by atoms with Gasteiger partial charge in [-0.3, -0.25) is 4.79 Å². The van der Waals surface area contributed by atoms with E-state index in [9.17, 15) is 4.79 Å². The number of nitrogens with two attached hydrogens (primary N) is 2. The van der Waals surface area contributed by atoms with E-state index in [0.717, 1.165) is 0 Å². The molecule has 0 rings (SSSR count). The van der Waals surface area contributed by atoms with Crippen molar-refractivity contribution in [1.82, 2.24) is 5.32 Å². The zero-order chi connectivity index (χ0) is 16.4. The highest BCUT2D eigenvalue weighted by molar-refractivity contribution is 5.85. The highest BCUT2D eigenvalue weighted by Crippen LogP contribution is 2.32. The van der Waals surface area contributed by atoms with Gasteiger partial charge in [0.15, 0.2) is 0 Å².